The SMILES string of the molecule is CCc1noc(COC(=O)c2ccccc2OCc2ccccc2C)n1. The van der Waals surface area contributed by atoms with Crippen molar-refractivity contribution in [3.05, 3.63) is 76.9 Å². The number of aromatic nitrogens is 2. The summed E-state index contributed by atoms with van der Waals surface area (Å²) in [7, 11) is 0. The van der Waals surface area contributed by atoms with E-state index in [1.165, 1.54) is 0 Å². The number of ether oxygens (including phenoxy) is 2. The molecule has 0 aliphatic carbocycles. The fourth-order valence-electron chi connectivity index (χ4n) is 2.39. The van der Waals surface area contributed by atoms with Crippen molar-refractivity contribution in [2.24, 2.45) is 0 Å². The summed E-state index contributed by atoms with van der Waals surface area (Å²) in [6, 6.07) is 14.9. The molecule has 0 N–H and O–H groups in total. The predicted molar refractivity (Wildman–Crippen MR) is 94.7 cm³/mol. The van der Waals surface area contributed by atoms with Crippen LogP contribution in [0.3, 0.4) is 0 Å². The van der Waals surface area contributed by atoms with Gasteiger partial charge < -0.3 is 14.0 Å². The topological polar surface area (TPSA) is 74.5 Å². The Labute approximate surface area is 151 Å². The molecular formula is C20H20N2O4. The second-order valence-corrected chi connectivity index (χ2v) is 5.75. The highest BCUT2D eigenvalue weighted by Gasteiger charge is 2.16. The number of rotatable bonds is 7. The van der Waals surface area contributed by atoms with Crippen molar-refractivity contribution < 1.29 is 18.8 Å². The number of para-hydroxylation sites is 1. The quantitative estimate of drug-likeness (QED) is 0.601. The largest absolute Gasteiger partial charge is 0.488 e. The maximum absolute atomic E-state index is 12.4. The average Bonchev–Trinajstić information content (AvgIpc) is 3.14. The van der Waals surface area contributed by atoms with Crippen molar-refractivity contribution in [2.45, 2.75) is 33.5 Å². The molecule has 3 aromatic rings. The van der Waals surface area contributed by atoms with Crippen molar-refractivity contribution in [1.82, 2.24) is 10.1 Å². The fourth-order valence-corrected chi connectivity index (χ4v) is 2.39. The molecule has 0 saturated heterocycles. The van der Waals surface area contributed by atoms with E-state index in [0.29, 0.717) is 30.2 Å². The second-order valence-electron chi connectivity index (χ2n) is 5.75. The smallest absolute Gasteiger partial charge is 0.342 e. The van der Waals surface area contributed by atoms with Crippen molar-refractivity contribution in [3.63, 3.8) is 0 Å². The van der Waals surface area contributed by atoms with Gasteiger partial charge in [-0.1, -0.05) is 48.5 Å². The number of hydrogen-bond donors (Lipinski definition) is 0. The third kappa shape index (κ3) is 4.27. The van der Waals surface area contributed by atoms with Crippen molar-refractivity contribution in [1.29, 1.82) is 0 Å². The third-order valence-electron chi connectivity index (χ3n) is 3.90. The third-order valence-corrected chi connectivity index (χ3v) is 3.90. The molecule has 26 heavy (non-hydrogen) atoms. The molecule has 1 aromatic heterocycles. The maximum Gasteiger partial charge on any atom is 0.342 e. The van der Waals surface area contributed by atoms with E-state index >= 15 is 0 Å². The highest BCUT2D eigenvalue weighted by Crippen LogP contribution is 2.21. The summed E-state index contributed by atoms with van der Waals surface area (Å²) < 4.78 is 16.1. The van der Waals surface area contributed by atoms with Gasteiger partial charge in [0.25, 0.3) is 5.89 Å². The van der Waals surface area contributed by atoms with E-state index in [4.69, 9.17) is 14.0 Å². The molecule has 0 aliphatic heterocycles. The summed E-state index contributed by atoms with van der Waals surface area (Å²) in [6.07, 6.45) is 0.660. The van der Waals surface area contributed by atoms with Crippen LogP contribution >= 0.6 is 0 Å². The molecule has 1 heterocycles. The lowest BCUT2D eigenvalue weighted by Crippen LogP contribution is -2.08. The fraction of sp³-hybridized carbons (Fsp3) is 0.250. The molecule has 0 fully saturated rings. The lowest BCUT2D eigenvalue weighted by atomic mass is 10.1. The number of nitrogens with zero attached hydrogens (tertiary/aromatic N) is 2. The van der Waals surface area contributed by atoms with Crippen molar-refractivity contribution in [3.8, 4) is 5.75 Å². The van der Waals surface area contributed by atoms with Crippen LogP contribution in [0.2, 0.25) is 0 Å². The van der Waals surface area contributed by atoms with E-state index in [0.717, 1.165) is 11.1 Å². The van der Waals surface area contributed by atoms with Gasteiger partial charge in [0.2, 0.25) is 0 Å². The van der Waals surface area contributed by atoms with Gasteiger partial charge in [0.1, 0.15) is 17.9 Å². The number of carbonyl (C=O) groups is 1. The van der Waals surface area contributed by atoms with Gasteiger partial charge in [-0.05, 0) is 30.2 Å². The van der Waals surface area contributed by atoms with Crippen LogP contribution in [-0.2, 0) is 24.4 Å². The minimum Gasteiger partial charge on any atom is -0.488 e. The van der Waals surface area contributed by atoms with Crippen LogP contribution in [0, 0.1) is 6.92 Å². The zero-order valence-electron chi connectivity index (χ0n) is 14.8. The van der Waals surface area contributed by atoms with Gasteiger partial charge in [0.05, 0.1) is 0 Å². The number of carbonyl (C=O) groups excluding carboxylic acids is 1. The van der Waals surface area contributed by atoms with E-state index in [2.05, 4.69) is 10.1 Å². The van der Waals surface area contributed by atoms with Crippen LogP contribution in [0.15, 0.2) is 53.1 Å². The van der Waals surface area contributed by atoms with Crippen LogP contribution in [-0.4, -0.2) is 16.1 Å². The van der Waals surface area contributed by atoms with Crippen LogP contribution in [0.5, 0.6) is 5.75 Å². The first-order valence-electron chi connectivity index (χ1n) is 8.42. The van der Waals surface area contributed by atoms with Gasteiger partial charge in [-0.15, -0.1) is 0 Å². The standard InChI is InChI=1S/C20H20N2O4/c1-3-18-21-19(26-22-18)13-25-20(23)16-10-6-7-11-17(16)24-12-15-9-5-4-8-14(15)2/h4-11H,3,12-13H2,1-2H3. The molecule has 0 radical (unpaired) electrons. The van der Waals surface area contributed by atoms with Crippen LogP contribution in [0.4, 0.5) is 0 Å². The Morgan fingerprint density at radius 1 is 1.08 bits per heavy atom. The highest BCUT2D eigenvalue weighted by atomic mass is 16.6. The molecule has 134 valence electrons. The minimum absolute atomic E-state index is 0.0715. The predicted octanol–water partition coefficient (Wildman–Crippen LogP) is 3.88. The van der Waals surface area contributed by atoms with Gasteiger partial charge >= 0.3 is 5.97 Å². The Balaban J connectivity index is 1.66. The van der Waals surface area contributed by atoms with E-state index in [-0.39, 0.29) is 12.5 Å². The van der Waals surface area contributed by atoms with E-state index in [1.54, 1.807) is 18.2 Å². The summed E-state index contributed by atoms with van der Waals surface area (Å²) in [5.74, 6) is 0.827. The summed E-state index contributed by atoms with van der Waals surface area (Å²) in [6.45, 7) is 4.24. The molecule has 6 heteroatoms. The van der Waals surface area contributed by atoms with E-state index < -0.39 is 5.97 Å². The van der Waals surface area contributed by atoms with Gasteiger partial charge in [0.15, 0.2) is 12.4 Å². The second kappa shape index (κ2) is 8.29. The monoisotopic (exact) mass is 352 g/mol. The van der Waals surface area contributed by atoms with Crippen LogP contribution in [0.1, 0.15) is 40.1 Å². The Morgan fingerprint density at radius 2 is 1.85 bits per heavy atom. The summed E-state index contributed by atoms with van der Waals surface area (Å²) in [5, 5.41) is 3.77. The summed E-state index contributed by atoms with van der Waals surface area (Å²) in [5.41, 5.74) is 2.56. The Bertz CT molecular complexity index is 889. The summed E-state index contributed by atoms with van der Waals surface area (Å²) >= 11 is 0. The normalized spacial score (nSPS) is 10.5. The lowest BCUT2D eigenvalue weighted by Gasteiger charge is -2.12. The molecule has 0 unspecified atom stereocenters. The first-order valence-corrected chi connectivity index (χ1v) is 8.42. The molecule has 0 atom stereocenters. The maximum atomic E-state index is 12.4. The van der Waals surface area contributed by atoms with E-state index in [1.807, 2.05) is 44.2 Å². The molecular weight excluding hydrogens is 332 g/mol. The molecule has 0 amide bonds. The lowest BCUT2D eigenvalue weighted by molar-refractivity contribution is 0.0425. The molecule has 6 nitrogen and oxygen atoms in total. The van der Waals surface area contributed by atoms with E-state index in [9.17, 15) is 4.79 Å². The van der Waals surface area contributed by atoms with Crippen LogP contribution < -0.4 is 4.74 Å². The van der Waals surface area contributed by atoms with Crippen molar-refractivity contribution in [2.75, 3.05) is 0 Å². The molecule has 0 spiro atoms. The molecule has 0 bridgehead atoms. The van der Waals surface area contributed by atoms with Crippen LogP contribution in [0.25, 0.3) is 0 Å². The molecule has 2 aromatic carbocycles. The number of hydrogen-bond acceptors (Lipinski definition) is 6. The zero-order valence-corrected chi connectivity index (χ0v) is 14.8. The summed E-state index contributed by atoms with van der Waals surface area (Å²) in [4.78, 5) is 16.5. The average molecular weight is 352 g/mol. The van der Waals surface area contributed by atoms with Crippen molar-refractivity contribution >= 4 is 5.97 Å². The Morgan fingerprint density at radius 3 is 2.62 bits per heavy atom. The molecule has 0 aliphatic rings. The minimum atomic E-state index is -0.498. The highest BCUT2D eigenvalue weighted by molar-refractivity contribution is 5.92. The first-order chi connectivity index (χ1) is 12.7. The zero-order chi connectivity index (χ0) is 18.4. The number of benzene rings is 2. The Kier molecular flexibility index (Phi) is 5.63. The van der Waals surface area contributed by atoms with Gasteiger partial charge in [0, 0.05) is 6.42 Å². The number of esters is 1. The molecule has 3 rings (SSSR count). The van der Waals surface area contributed by atoms with Gasteiger partial charge in [-0.25, -0.2) is 4.79 Å². The van der Waals surface area contributed by atoms with Gasteiger partial charge in [-0.2, -0.15) is 4.98 Å². The Hall–Kier alpha value is -3.15. The molecule has 0 saturated carbocycles. The first kappa shape index (κ1) is 17.7. The number of aryl methyl sites for hydroxylation is 2. The van der Waals surface area contributed by atoms with Gasteiger partial charge in [-0.3, -0.25) is 0 Å².